The SMILES string of the molecule is Cc1c(Cl)cccc1CC(N)C(=O)O. The Balaban J connectivity index is 2.87. The van der Waals surface area contributed by atoms with E-state index in [1.165, 1.54) is 0 Å². The van der Waals surface area contributed by atoms with Gasteiger partial charge in [0.2, 0.25) is 0 Å². The van der Waals surface area contributed by atoms with Crippen LogP contribution in [0.4, 0.5) is 0 Å². The van der Waals surface area contributed by atoms with Crippen molar-refractivity contribution in [1.82, 2.24) is 0 Å². The van der Waals surface area contributed by atoms with Crippen LogP contribution in [0.3, 0.4) is 0 Å². The Bertz CT molecular complexity index is 352. The van der Waals surface area contributed by atoms with E-state index in [2.05, 4.69) is 0 Å². The van der Waals surface area contributed by atoms with Crippen molar-refractivity contribution in [2.24, 2.45) is 5.73 Å². The normalized spacial score (nSPS) is 12.5. The number of carbonyl (C=O) groups is 1. The van der Waals surface area contributed by atoms with Crippen molar-refractivity contribution in [2.75, 3.05) is 0 Å². The molecule has 4 heteroatoms. The first-order chi connectivity index (χ1) is 6.52. The number of carboxylic acids is 1. The molecule has 1 atom stereocenters. The van der Waals surface area contributed by atoms with Crippen LogP contribution in [-0.2, 0) is 11.2 Å². The van der Waals surface area contributed by atoms with Gasteiger partial charge >= 0.3 is 5.97 Å². The summed E-state index contributed by atoms with van der Waals surface area (Å²) in [5.74, 6) is -0.996. The molecule has 0 bridgehead atoms. The number of rotatable bonds is 3. The number of aliphatic carboxylic acids is 1. The maximum atomic E-state index is 10.5. The van der Waals surface area contributed by atoms with Crippen LogP contribution in [0, 0.1) is 6.92 Å². The molecule has 0 fully saturated rings. The number of nitrogens with two attached hydrogens (primary N) is 1. The van der Waals surface area contributed by atoms with Crippen molar-refractivity contribution in [2.45, 2.75) is 19.4 Å². The van der Waals surface area contributed by atoms with Gasteiger partial charge in [0, 0.05) is 5.02 Å². The summed E-state index contributed by atoms with van der Waals surface area (Å²) in [7, 11) is 0. The molecular formula is C10H12ClNO2. The molecule has 0 saturated carbocycles. The molecule has 0 saturated heterocycles. The zero-order chi connectivity index (χ0) is 10.7. The average Bonchev–Trinajstić information content (AvgIpc) is 2.12. The van der Waals surface area contributed by atoms with E-state index in [-0.39, 0.29) is 0 Å². The first-order valence-corrected chi connectivity index (χ1v) is 4.62. The van der Waals surface area contributed by atoms with Crippen molar-refractivity contribution >= 4 is 17.6 Å². The number of hydrogen-bond donors (Lipinski definition) is 2. The van der Waals surface area contributed by atoms with Gasteiger partial charge in [-0.2, -0.15) is 0 Å². The van der Waals surface area contributed by atoms with Crippen LogP contribution < -0.4 is 5.73 Å². The third-order valence-corrected chi connectivity index (χ3v) is 2.55. The van der Waals surface area contributed by atoms with E-state index in [9.17, 15) is 4.79 Å². The van der Waals surface area contributed by atoms with E-state index >= 15 is 0 Å². The molecule has 1 aromatic carbocycles. The van der Waals surface area contributed by atoms with Gasteiger partial charge in [-0.1, -0.05) is 23.7 Å². The predicted molar refractivity (Wildman–Crippen MR) is 55.5 cm³/mol. The highest BCUT2D eigenvalue weighted by Gasteiger charge is 2.13. The number of benzene rings is 1. The molecule has 0 radical (unpaired) electrons. The largest absolute Gasteiger partial charge is 0.480 e. The fourth-order valence-corrected chi connectivity index (χ4v) is 1.39. The fraction of sp³-hybridized carbons (Fsp3) is 0.300. The third-order valence-electron chi connectivity index (χ3n) is 2.14. The molecule has 0 heterocycles. The molecule has 1 rings (SSSR count). The van der Waals surface area contributed by atoms with Crippen LogP contribution in [0.2, 0.25) is 5.02 Å². The van der Waals surface area contributed by atoms with Gasteiger partial charge in [-0.25, -0.2) is 0 Å². The van der Waals surface area contributed by atoms with E-state index in [0.717, 1.165) is 11.1 Å². The Kier molecular flexibility index (Phi) is 3.49. The molecule has 0 amide bonds. The van der Waals surface area contributed by atoms with Crippen molar-refractivity contribution in [3.05, 3.63) is 34.3 Å². The second kappa shape index (κ2) is 4.44. The molecule has 14 heavy (non-hydrogen) atoms. The molecule has 0 aromatic heterocycles. The highest BCUT2D eigenvalue weighted by molar-refractivity contribution is 6.31. The third kappa shape index (κ3) is 2.47. The van der Waals surface area contributed by atoms with Gasteiger partial charge < -0.3 is 10.8 Å². The second-order valence-corrected chi connectivity index (χ2v) is 3.58. The summed E-state index contributed by atoms with van der Waals surface area (Å²) >= 11 is 5.89. The minimum Gasteiger partial charge on any atom is -0.480 e. The van der Waals surface area contributed by atoms with Gasteiger partial charge in [0.1, 0.15) is 6.04 Å². The van der Waals surface area contributed by atoms with Crippen molar-refractivity contribution < 1.29 is 9.90 Å². The van der Waals surface area contributed by atoms with E-state index in [4.69, 9.17) is 22.4 Å². The minimum atomic E-state index is -0.996. The molecule has 76 valence electrons. The first-order valence-electron chi connectivity index (χ1n) is 4.24. The van der Waals surface area contributed by atoms with E-state index in [0.29, 0.717) is 11.4 Å². The molecule has 3 N–H and O–H groups in total. The van der Waals surface area contributed by atoms with Gasteiger partial charge in [-0.15, -0.1) is 0 Å². The summed E-state index contributed by atoms with van der Waals surface area (Å²) in [5.41, 5.74) is 7.20. The van der Waals surface area contributed by atoms with Crippen LogP contribution in [-0.4, -0.2) is 17.1 Å². The fourth-order valence-electron chi connectivity index (χ4n) is 1.20. The maximum Gasteiger partial charge on any atom is 0.320 e. The van der Waals surface area contributed by atoms with Crippen molar-refractivity contribution in [3.8, 4) is 0 Å². The Morgan fingerprint density at radius 3 is 2.86 bits per heavy atom. The maximum absolute atomic E-state index is 10.5. The quantitative estimate of drug-likeness (QED) is 0.802. The van der Waals surface area contributed by atoms with E-state index in [1.54, 1.807) is 12.1 Å². The Labute approximate surface area is 87.5 Å². The molecule has 0 aliphatic heterocycles. The Morgan fingerprint density at radius 1 is 1.64 bits per heavy atom. The second-order valence-electron chi connectivity index (χ2n) is 3.17. The molecule has 0 aliphatic carbocycles. The summed E-state index contributed by atoms with van der Waals surface area (Å²) in [6.45, 7) is 1.85. The summed E-state index contributed by atoms with van der Waals surface area (Å²) in [6, 6.07) is 4.53. The van der Waals surface area contributed by atoms with Gasteiger partial charge in [0.15, 0.2) is 0 Å². The topological polar surface area (TPSA) is 63.3 Å². The van der Waals surface area contributed by atoms with Gasteiger partial charge in [-0.3, -0.25) is 4.79 Å². The molecule has 1 unspecified atom stereocenters. The van der Waals surface area contributed by atoms with Crippen molar-refractivity contribution in [3.63, 3.8) is 0 Å². The number of halogens is 1. The Morgan fingerprint density at radius 2 is 2.29 bits per heavy atom. The number of carboxylic acid groups (broad SMARTS) is 1. The summed E-state index contributed by atoms with van der Waals surface area (Å²) in [4.78, 5) is 10.5. The van der Waals surface area contributed by atoms with Crippen molar-refractivity contribution in [1.29, 1.82) is 0 Å². The van der Waals surface area contributed by atoms with Gasteiger partial charge in [0.05, 0.1) is 0 Å². The molecule has 0 spiro atoms. The van der Waals surface area contributed by atoms with E-state index < -0.39 is 12.0 Å². The standard InChI is InChI=1S/C10H12ClNO2/c1-6-7(3-2-4-8(6)11)5-9(12)10(13)14/h2-4,9H,5,12H2,1H3,(H,13,14). The highest BCUT2D eigenvalue weighted by Crippen LogP contribution is 2.19. The van der Waals surface area contributed by atoms with Crippen LogP contribution in [0.5, 0.6) is 0 Å². The lowest BCUT2D eigenvalue weighted by Crippen LogP contribution is -2.32. The van der Waals surface area contributed by atoms with Gasteiger partial charge in [-0.05, 0) is 30.5 Å². The minimum absolute atomic E-state index is 0.307. The lowest BCUT2D eigenvalue weighted by Gasteiger charge is -2.09. The van der Waals surface area contributed by atoms with Crippen LogP contribution in [0.15, 0.2) is 18.2 Å². The van der Waals surface area contributed by atoms with Gasteiger partial charge in [0.25, 0.3) is 0 Å². The first kappa shape index (κ1) is 11.0. The van der Waals surface area contributed by atoms with Crippen LogP contribution in [0.25, 0.3) is 0 Å². The lowest BCUT2D eigenvalue weighted by atomic mass is 10.0. The summed E-state index contributed by atoms with van der Waals surface area (Å²) in [5, 5.41) is 9.28. The van der Waals surface area contributed by atoms with E-state index in [1.807, 2.05) is 13.0 Å². The molecular weight excluding hydrogens is 202 g/mol. The highest BCUT2D eigenvalue weighted by atomic mass is 35.5. The summed E-state index contributed by atoms with van der Waals surface area (Å²) in [6.07, 6.45) is 0.307. The smallest absolute Gasteiger partial charge is 0.320 e. The average molecular weight is 214 g/mol. The molecule has 0 aliphatic rings. The Hall–Kier alpha value is -1.06. The zero-order valence-corrected chi connectivity index (χ0v) is 8.58. The monoisotopic (exact) mass is 213 g/mol. The predicted octanol–water partition coefficient (Wildman–Crippen LogP) is 1.60. The lowest BCUT2D eigenvalue weighted by molar-refractivity contribution is -0.138. The van der Waals surface area contributed by atoms with Crippen LogP contribution >= 0.6 is 11.6 Å². The summed E-state index contributed by atoms with van der Waals surface area (Å²) < 4.78 is 0. The molecule has 3 nitrogen and oxygen atoms in total. The number of hydrogen-bond acceptors (Lipinski definition) is 2. The molecule has 1 aromatic rings. The van der Waals surface area contributed by atoms with Crippen LogP contribution in [0.1, 0.15) is 11.1 Å². The zero-order valence-electron chi connectivity index (χ0n) is 7.83.